The van der Waals surface area contributed by atoms with Crippen LogP contribution in [-0.4, -0.2) is 24.3 Å². The zero-order valence-electron chi connectivity index (χ0n) is 9.79. The van der Waals surface area contributed by atoms with Crippen LogP contribution in [0.5, 0.6) is 0 Å². The molecule has 0 amide bonds. The lowest BCUT2D eigenvalue weighted by Crippen LogP contribution is -2.25. The molecule has 98 valence electrons. The quantitative estimate of drug-likeness (QED) is 0.872. The maximum absolute atomic E-state index is 11.4. The molecule has 0 atom stereocenters. The SMILES string of the molecule is CCCS(=O)(=O)NCc1nc(-c2cccs2)no1. The highest BCUT2D eigenvalue weighted by Crippen LogP contribution is 2.21. The molecule has 1 N–H and O–H groups in total. The summed E-state index contributed by atoms with van der Waals surface area (Å²) in [4.78, 5) is 5.01. The standard InChI is InChI=1S/C10H13N3O3S2/c1-2-6-18(14,15)11-7-9-12-10(13-16-9)8-4-3-5-17-8/h3-5,11H,2,6-7H2,1H3. The molecule has 0 bridgehead atoms. The van der Waals surface area contributed by atoms with E-state index in [1.807, 2.05) is 17.5 Å². The third-order valence-corrected chi connectivity index (χ3v) is 4.52. The summed E-state index contributed by atoms with van der Waals surface area (Å²) < 4.78 is 30.3. The molecule has 0 aliphatic carbocycles. The molecule has 0 aromatic carbocycles. The van der Waals surface area contributed by atoms with Crippen molar-refractivity contribution in [3.8, 4) is 10.7 Å². The van der Waals surface area contributed by atoms with Crippen LogP contribution in [0.1, 0.15) is 19.2 Å². The third kappa shape index (κ3) is 3.37. The fourth-order valence-corrected chi connectivity index (χ4v) is 3.02. The summed E-state index contributed by atoms with van der Waals surface area (Å²) >= 11 is 1.50. The van der Waals surface area contributed by atoms with Gasteiger partial charge in [0.2, 0.25) is 21.7 Å². The molecule has 18 heavy (non-hydrogen) atoms. The molecule has 0 spiro atoms. The molecular weight excluding hydrogens is 274 g/mol. The Labute approximate surface area is 109 Å². The van der Waals surface area contributed by atoms with E-state index in [-0.39, 0.29) is 18.2 Å². The van der Waals surface area contributed by atoms with E-state index in [2.05, 4.69) is 14.9 Å². The number of hydrogen-bond acceptors (Lipinski definition) is 6. The predicted molar refractivity (Wildman–Crippen MR) is 68.5 cm³/mol. The lowest BCUT2D eigenvalue weighted by molar-refractivity contribution is 0.376. The van der Waals surface area contributed by atoms with Crippen LogP contribution in [0.4, 0.5) is 0 Å². The summed E-state index contributed by atoms with van der Waals surface area (Å²) in [6, 6.07) is 3.76. The molecule has 0 radical (unpaired) electrons. The molecule has 2 rings (SSSR count). The Bertz CT molecular complexity index is 590. The number of hydrogen-bond donors (Lipinski definition) is 1. The fourth-order valence-electron chi connectivity index (χ4n) is 1.35. The summed E-state index contributed by atoms with van der Waals surface area (Å²) in [5.41, 5.74) is 0. The van der Waals surface area contributed by atoms with Gasteiger partial charge in [0.1, 0.15) is 0 Å². The van der Waals surface area contributed by atoms with Crippen molar-refractivity contribution in [3.05, 3.63) is 23.4 Å². The number of sulfonamides is 1. The van der Waals surface area contributed by atoms with Crippen LogP contribution in [-0.2, 0) is 16.6 Å². The molecule has 0 saturated carbocycles. The van der Waals surface area contributed by atoms with E-state index in [9.17, 15) is 8.42 Å². The summed E-state index contributed by atoms with van der Waals surface area (Å²) in [5, 5.41) is 5.71. The molecule has 0 aliphatic heterocycles. The molecule has 8 heteroatoms. The Balaban J connectivity index is 2.00. The normalized spacial score (nSPS) is 11.8. The van der Waals surface area contributed by atoms with Crippen molar-refractivity contribution in [3.63, 3.8) is 0 Å². The van der Waals surface area contributed by atoms with Gasteiger partial charge in [-0.2, -0.15) is 4.98 Å². The van der Waals surface area contributed by atoms with Crippen LogP contribution in [0.2, 0.25) is 0 Å². The second-order valence-corrected chi connectivity index (χ2v) is 6.50. The Kier molecular flexibility index (Phi) is 4.10. The molecule has 2 heterocycles. The van der Waals surface area contributed by atoms with Gasteiger partial charge in [0.05, 0.1) is 17.2 Å². The van der Waals surface area contributed by atoms with Crippen LogP contribution >= 0.6 is 11.3 Å². The van der Waals surface area contributed by atoms with E-state index in [0.717, 1.165) is 4.88 Å². The van der Waals surface area contributed by atoms with E-state index < -0.39 is 10.0 Å². The minimum absolute atomic E-state index is 0.0285. The largest absolute Gasteiger partial charge is 0.337 e. The van der Waals surface area contributed by atoms with Crippen molar-refractivity contribution < 1.29 is 12.9 Å². The lowest BCUT2D eigenvalue weighted by atomic mass is 10.4. The lowest BCUT2D eigenvalue weighted by Gasteiger charge is -2.01. The van der Waals surface area contributed by atoms with Gasteiger partial charge < -0.3 is 4.52 Å². The summed E-state index contributed by atoms with van der Waals surface area (Å²) in [7, 11) is -3.25. The topological polar surface area (TPSA) is 85.1 Å². The van der Waals surface area contributed by atoms with Gasteiger partial charge in [-0.25, -0.2) is 13.1 Å². The Morgan fingerprint density at radius 1 is 1.50 bits per heavy atom. The Hall–Kier alpha value is -1.25. The molecule has 2 aromatic heterocycles. The van der Waals surface area contributed by atoms with Crippen molar-refractivity contribution in [2.45, 2.75) is 19.9 Å². The second-order valence-electron chi connectivity index (χ2n) is 3.63. The van der Waals surface area contributed by atoms with Gasteiger partial charge in [-0.05, 0) is 17.9 Å². The smallest absolute Gasteiger partial charge is 0.242 e. The molecular formula is C10H13N3O3S2. The number of nitrogens with zero attached hydrogens (tertiary/aromatic N) is 2. The Morgan fingerprint density at radius 2 is 2.33 bits per heavy atom. The number of nitrogens with one attached hydrogen (secondary N) is 1. The first-order chi connectivity index (χ1) is 8.61. The van der Waals surface area contributed by atoms with Crippen molar-refractivity contribution in [2.24, 2.45) is 0 Å². The highest BCUT2D eigenvalue weighted by molar-refractivity contribution is 7.89. The number of rotatable bonds is 6. The van der Waals surface area contributed by atoms with Gasteiger partial charge in [0, 0.05) is 0 Å². The predicted octanol–water partition coefficient (Wildman–Crippen LogP) is 1.63. The first kappa shape index (κ1) is 13.2. The second kappa shape index (κ2) is 5.59. The molecule has 6 nitrogen and oxygen atoms in total. The number of thiophene rings is 1. The van der Waals surface area contributed by atoms with Crippen LogP contribution in [0.25, 0.3) is 10.7 Å². The van der Waals surface area contributed by atoms with Crippen LogP contribution < -0.4 is 4.72 Å². The van der Waals surface area contributed by atoms with Gasteiger partial charge in [-0.15, -0.1) is 11.3 Å². The summed E-state index contributed by atoms with van der Waals surface area (Å²) in [6.45, 7) is 1.83. The highest BCUT2D eigenvalue weighted by Gasteiger charge is 2.13. The third-order valence-electron chi connectivity index (χ3n) is 2.13. The van der Waals surface area contributed by atoms with Crippen LogP contribution in [0.15, 0.2) is 22.0 Å². The van der Waals surface area contributed by atoms with Crippen molar-refractivity contribution in [1.29, 1.82) is 0 Å². The maximum atomic E-state index is 11.4. The summed E-state index contributed by atoms with van der Waals surface area (Å²) in [6.07, 6.45) is 0.569. The maximum Gasteiger partial charge on any atom is 0.242 e. The van der Waals surface area contributed by atoms with Crippen LogP contribution in [0, 0.1) is 0 Å². The van der Waals surface area contributed by atoms with E-state index in [1.165, 1.54) is 11.3 Å². The number of aromatic nitrogens is 2. The van der Waals surface area contributed by atoms with Gasteiger partial charge >= 0.3 is 0 Å². The molecule has 0 unspecified atom stereocenters. The minimum Gasteiger partial charge on any atom is -0.337 e. The first-order valence-corrected chi connectivity index (χ1v) is 7.97. The van der Waals surface area contributed by atoms with E-state index in [4.69, 9.17) is 4.52 Å². The van der Waals surface area contributed by atoms with Gasteiger partial charge in [0.15, 0.2) is 0 Å². The molecule has 2 aromatic rings. The molecule has 0 aliphatic rings. The summed E-state index contributed by atoms with van der Waals surface area (Å²) in [5.74, 6) is 0.839. The van der Waals surface area contributed by atoms with E-state index in [0.29, 0.717) is 12.2 Å². The van der Waals surface area contributed by atoms with Crippen molar-refractivity contribution in [1.82, 2.24) is 14.9 Å². The average Bonchev–Trinajstić information content (AvgIpc) is 2.97. The van der Waals surface area contributed by atoms with Crippen molar-refractivity contribution in [2.75, 3.05) is 5.75 Å². The molecule has 0 saturated heterocycles. The van der Waals surface area contributed by atoms with Gasteiger partial charge in [-0.1, -0.05) is 18.1 Å². The zero-order valence-corrected chi connectivity index (χ0v) is 11.4. The monoisotopic (exact) mass is 287 g/mol. The van der Waals surface area contributed by atoms with Crippen molar-refractivity contribution >= 4 is 21.4 Å². The fraction of sp³-hybridized carbons (Fsp3) is 0.400. The van der Waals surface area contributed by atoms with Crippen LogP contribution in [0.3, 0.4) is 0 Å². The van der Waals surface area contributed by atoms with E-state index >= 15 is 0 Å². The Morgan fingerprint density at radius 3 is 3.00 bits per heavy atom. The zero-order chi connectivity index (χ0) is 13.0. The first-order valence-electron chi connectivity index (χ1n) is 5.44. The highest BCUT2D eigenvalue weighted by atomic mass is 32.2. The van der Waals surface area contributed by atoms with Gasteiger partial charge in [0.25, 0.3) is 0 Å². The minimum atomic E-state index is -3.25. The molecule has 0 fully saturated rings. The van der Waals surface area contributed by atoms with E-state index in [1.54, 1.807) is 6.92 Å². The average molecular weight is 287 g/mol. The van der Waals surface area contributed by atoms with Gasteiger partial charge in [-0.3, -0.25) is 0 Å².